The van der Waals surface area contributed by atoms with Gasteiger partial charge in [0.05, 0.1) is 5.71 Å². The lowest BCUT2D eigenvalue weighted by molar-refractivity contribution is 1.05. The quantitative estimate of drug-likeness (QED) is 0.491. The van der Waals surface area contributed by atoms with Crippen molar-refractivity contribution >= 4 is 68.0 Å². The van der Waals surface area contributed by atoms with Crippen LogP contribution in [0.1, 0.15) is 12.5 Å². The molecule has 0 saturated carbocycles. The second kappa shape index (κ2) is 9.88. The summed E-state index contributed by atoms with van der Waals surface area (Å²) in [5.74, 6) is 0. The number of thiocarbonyl (C=S) groups is 2. The average molecular weight is 357 g/mol. The van der Waals surface area contributed by atoms with E-state index in [1.807, 2.05) is 49.8 Å². The number of hydrogen-bond donors (Lipinski definition) is 2. The molecule has 0 bridgehead atoms. The van der Waals surface area contributed by atoms with Crippen molar-refractivity contribution < 1.29 is 0 Å². The first-order chi connectivity index (χ1) is 10.1. The molecule has 0 aromatic heterocycles. The van der Waals surface area contributed by atoms with E-state index in [1.165, 1.54) is 23.5 Å². The molecule has 0 amide bonds. The fraction of sp³-hybridized carbons (Fsp3) is 0.231. The first-order valence-electron chi connectivity index (χ1n) is 5.94. The Labute approximate surface area is 144 Å². The van der Waals surface area contributed by atoms with Crippen molar-refractivity contribution in [3.8, 4) is 0 Å². The minimum atomic E-state index is 0.601. The number of thioether (sulfide) groups is 2. The molecule has 0 aliphatic carbocycles. The highest BCUT2D eigenvalue weighted by atomic mass is 32.2. The lowest BCUT2D eigenvalue weighted by Gasteiger charge is -2.08. The van der Waals surface area contributed by atoms with E-state index in [4.69, 9.17) is 24.4 Å². The van der Waals surface area contributed by atoms with E-state index in [9.17, 15) is 0 Å². The molecule has 1 aromatic rings. The molecule has 0 atom stereocenters. The second-order valence-corrected chi connectivity index (χ2v) is 6.70. The van der Waals surface area contributed by atoms with Crippen molar-refractivity contribution in [1.82, 2.24) is 10.9 Å². The summed E-state index contributed by atoms with van der Waals surface area (Å²) in [4.78, 5) is 0. The van der Waals surface area contributed by atoms with E-state index < -0.39 is 0 Å². The molecule has 21 heavy (non-hydrogen) atoms. The molecular formula is C13H16N4S4. The Hall–Kier alpha value is -0.960. The predicted molar refractivity (Wildman–Crippen MR) is 105 cm³/mol. The van der Waals surface area contributed by atoms with Gasteiger partial charge in [0.1, 0.15) is 5.71 Å². The third-order valence-electron chi connectivity index (χ3n) is 2.33. The molecule has 0 aliphatic rings. The molecule has 8 heteroatoms. The van der Waals surface area contributed by atoms with Crippen LogP contribution in [0.2, 0.25) is 0 Å². The van der Waals surface area contributed by atoms with Crippen LogP contribution in [0.25, 0.3) is 0 Å². The highest BCUT2D eigenvalue weighted by molar-refractivity contribution is 8.22. The van der Waals surface area contributed by atoms with Gasteiger partial charge >= 0.3 is 0 Å². The summed E-state index contributed by atoms with van der Waals surface area (Å²) in [6, 6.07) is 9.79. The van der Waals surface area contributed by atoms with Crippen LogP contribution in [0, 0.1) is 0 Å². The summed E-state index contributed by atoms with van der Waals surface area (Å²) in [5.41, 5.74) is 8.05. The maximum absolute atomic E-state index is 5.10. The van der Waals surface area contributed by atoms with Crippen LogP contribution in [0.5, 0.6) is 0 Å². The molecule has 0 fully saturated rings. The Morgan fingerprint density at radius 2 is 1.48 bits per heavy atom. The number of nitrogens with zero attached hydrogens (tertiary/aromatic N) is 2. The Morgan fingerprint density at radius 3 is 2.00 bits per heavy atom. The molecule has 1 rings (SSSR count). The monoisotopic (exact) mass is 356 g/mol. The van der Waals surface area contributed by atoms with Gasteiger partial charge in [-0.3, -0.25) is 10.9 Å². The van der Waals surface area contributed by atoms with E-state index in [0.717, 1.165) is 5.56 Å². The SMILES string of the molecule is CSC(=S)N/N=C(C)\C(=N\NC(=S)SC)c1ccccc1. The Morgan fingerprint density at radius 1 is 0.952 bits per heavy atom. The van der Waals surface area contributed by atoms with Crippen molar-refractivity contribution in [2.24, 2.45) is 10.2 Å². The number of hydrogen-bond acceptors (Lipinski definition) is 6. The number of benzene rings is 1. The average Bonchev–Trinajstić information content (AvgIpc) is 2.53. The smallest absolute Gasteiger partial charge is 0.153 e. The van der Waals surface area contributed by atoms with Crippen LogP contribution in [0.4, 0.5) is 0 Å². The lowest BCUT2D eigenvalue weighted by atomic mass is 10.1. The molecule has 0 radical (unpaired) electrons. The standard InChI is InChI=1S/C13H16N4S4/c1-9(14-16-12(18)20-2)11(15-17-13(19)21-3)10-7-5-4-6-8-10/h4-8H,1-3H3,(H,16,18)(H,17,19)/b14-9-,15-11-. The highest BCUT2D eigenvalue weighted by Crippen LogP contribution is 2.04. The fourth-order valence-electron chi connectivity index (χ4n) is 1.33. The van der Waals surface area contributed by atoms with Crippen molar-refractivity contribution in [1.29, 1.82) is 0 Å². The number of hydrazone groups is 2. The summed E-state index contributed by atoms with van der Waals surface area (Å²) in [6.07, 6.45) is 3.79. The maximum Gasteiger partial charge on any atom is 0.153 e. The first kappa shape index (κ1) is 18.1. The zero-order valence-corrected chi connectivity index (χ0v) is 15.2. The molecule has 2 N–H and O–H groups in total. The minimum Gasteiger partial charge on any atom is -0.262 e. The zero-order chi connectivity index (χ0) is 15.7. The Bertz CT molecular complexity index is 555. The summed E-state index contributed by atoms with van der Waals surface area (Å²) in [5, 5.41) is 8.61. The Kier molecular flexibility index (Phi) is 8.51. The molecule has 4 nitrogen and oxygen atoms in total. The first-order valence-corrected chi connectivity index (χ1v) is 9.20. The van der Waals surface area contributed by atoms with E-state index in [1.54, 1.807) is 0 Å². The normalized spacial score (nSPS) is 12.0. The Balaban J connectivity index is 3.02. The topological polar surface area (TPSA) is 48.8 Å². The van der Waals surface area contributed by atoms with Crippen molar-refractivity contribution in [2.75, 3.05) is 12.5 Å². The van der Waals surface area contributed by atoms with E-state index in [0.29, 0.717) is 20.1 Å². The van der Waals surface area contributed by atoms with Gasteiger partial charge in [0.2, 0.25) is 0 Å². The van der Waals surface area contributed by atoms with Gasteiger partial charge < -0.3 is 0 Å². The van der Waals surface area contributed by atoms with Gasteiger partial charge in [-0.15, -0.1) is 0 Å². The number of rotatable bonds is 4. The predicted octanol–water partition coefficient (Wildman–Crippen LogP) is 3.24. The lowest BCUT2D eigenvalue weighted by Crippen LogP contribution is -2.23. The van der Waals surface area contributed by atoms with Crippen LogP contribution in [0.3, 0.4) is 0 Å². The van der Waals surface area contributed by atoms with Gasteiger partial charge in [-0.25, -0.2) is 0 Å². The van der Waals surface area contributed by atoms with Crippen LogP contribution < -0.4 is 10.9 Å². The van der Waals surface area contributed by atoms with Gasteiger partial charge in [-0.2, -0.15) is 10.2 Å². The number of nitrogens with one attached hydrogen (secondary N) is 2. The van der Waals surface area contributed by atoms with Gasteiger partial charge in [0, 0.05) is 5.56 Å². The molecular weight excluding hydrogens is 340 g/mol. The molecule has 0 spiro atoms. The summed E-state index contributed by atoms with van der Waals surface area (Å²) in [6.45, 7) is 1.87. The van der Waals surface area contributed by atoms with Gasteiger partial charge in [0.25, 0.3) is 0 Å². The zero-order valence-electron chi connectivity index (χ0n) is 11.9. The van der Waals surface area contributed by atoms with Crippen molar-refractivity contribution in [3.05, 3.63) is 35.9 Å². The third-order valence-corrected chi connectivity index (χ3v) is 4.44. The van der Waals surface area contributed by atoms with Crippen molar-refractivity contribution in [2.45, 2.75) is 6.92 Å². The maximum atomic E-state index is 5.10. The van der Waals surface area contributed by atoms with E-state index in [-0.39, 0.29) is 0 Å². The molecule has 0 saturated heterocycles. The second-order valence-electron chi connectivity index (χ2n) is 3.73. The third kappa shape index (κ3) is 6.56. The molecule has 1 aromatic carbocycles. The van der Waals surface area contributed by atoms with Crippen LogP contribution in [-0.4, -0.2) is 32.6 Å². The molecule has 0 unspecified atom stereocenters. The van der Waals surface area contributed by atoms with Gasteiger partial charge in [-0.05, 0) is 19.4 Å². The van der Waals surface area contributed by atoms with E-state index in [2.05, 4.69) is 21.1 Å². The molecule has 0 aliphatic heterocycles. The summed E-state index contributed by atoms with van der Waals surface area (Å²) < 4.78 is 1.21. The van der Waals surface area contributed by atoms with Crippen LogP contribution in [0.15, 0.2) is 40.5 Å². The fourth-order valence-corrected chi connectivity index (χ4v) is 1.69. The van der Waals surface area contributed by atoms with Crippen LogP contribution in [-0.2, 0) is 0 Å². The minimum absolute atomic E-state index is 0.601. The van der Waals surface area contributed by atoms with Crippen LogP contribution >= 0.6 is 48.0 Å². The van der Waals surface area contributed by atoms with Crippen molar-refractivity contribution in [3.63, 3.8) is 0 Å². The van der Waals surface area contributed by atoms with E-state index >= 15 is 0 Å². The molecule has 112 valence electrons. The molecule has 0 heterocycles. The summed E-state index contributed by atoms with van der Waals surface area (Å²) >= 11 is 13.0. The summed E-state index contributed by atoms with van der Waals surface area (Å²) in [7, 11) is 0. The largest absolute Gasteiger partial charge is 0.262 e. The highest BCUT2D eigenvalue weighted by Gasteiger charge is 2.08. The van der Waals surface area contributed by atoms with Gasteiger partial charge in [-0.1, -0.05) is 78.3 Å². The van der Waals surface area contributed by atoms with Gasteiger partial charge in [0.15, 0.2) is 8.64 Å².